The Morgan fingerprint density at radius 2 is 2.22 bits per heavy atom. The second-order valence-corrected chi connectivity index (χ2v) is 4.03. The van der Waals surface area contributed by atoms with Crippen LogP contribution >= 0.6 is 0 Å². The summed E-state index contributed by atoms with van der Waals surface area (Å²) in [6.45, 7) is 2.31. The number of aliphatic carboxylic acids is 1. The fourth-order valence-corrected chi connectivity index (χ4v) is 2.06. The van der Waals surface area contributed by atoms with E-state index in [9.17, 15) is 9.59 Å². The van der Waals surface area contributed by atoms with E-state index >= 15 is 0 Å². The van der Waals surface area contributed by atoms with E-state index in [1.165, 1.54) is 0 Å². The number of carbonyl (C=O) groups excluding carboxylic acids is 1. The average molecular weight is 250 g/mol. The lowest BCUT2D eigenvalue weighted by atomic mass is 9.95. The summed E-state index contributed by atoms with van der Waals surface area (Å²) >= 11 is 0. The minimum Gasteiger partial charge on any atom is -0.493 e. The highest BCUT2D eigenvalue weighted by Crippen LogP contribution is 2.39. The molecule has 0 aromatic heterocycles. The van der Waals surface area contributed by atoms with Crippen LogP contribution in [-0.2, 0) is 14.3 Å². The van der Waals surface area contributed by atoms with Crippen molar-refractivity contribution >= 4 is 11.9 Å². The van der Waals surface area contributed by atoms with Gasteiger partial charge in [0.1, 0.15) is 17.8 Å². The van der Waals surface area contributed by atoms with Crippen molar-refractivity contribution in [1.82, 2.24) is 0 Å². The molecule has 96 valence electrons. The maximum atomic E-state index is 11.3. The van der Waals surface area contributed by atoms with Crippen LogP contribution in [0.5, 0.6) is 5.75 Å². The first-order chi connectivity index (χ1) is 8.63. The molecule has 1 heterocycles. The Kier molecular flexibility index (Phi) is 3.50. The summed E-state index contributed by atoms with van der Waals surface area (Å²) in [6.07, 6.45) is -0.863. The molecule has 1 aromatic rings. The number of hydrogen-bond donors (Lipinski definition) is 1. The second kappa shape index (κ2) is 5.08. The standard InChI is InChI=1S/C13H14O5/c1-2-17-10-6-4-3-5-8(10)12-9(13(15)16)7-11(14)18-12/h3-6,9,12H,2,7H2,1H3,(H,15,16)/t9-,12-/m0/s1. The summed E-state index contributed by atoms with van der Waals surface area (Å²) < 4.78 is 10.5. The van der Waals surface area contributed by atoms with Gasteiger partial charge in [0.15, 0.2) is 0 Å². The van der Waals surface area contributed by atoms with Gasteiger partial charge in [-0.15, -0.1) is 0 Å². The van der Waals surface area contributed by atoms with E-state index in [1.54, 1.807) is 24.3 Å². The molecule has 0 aliphatic carbocycles. The van der Waals surface area contributed by atoms with Crippen molar-refractivity contribution < 1.29 is 24.2 Å². The van der Waals surface area contributed by atoms with Gasteiger partial charge in [-0.05, 0) is 13.0 Å². The number of benzene rings is 1. The molecule has 1 aliphatic heterocycles. The fourth-order valence-electron chi connectivity index (χ4n) is 2.06. The van der Waals surface area contributed by atoms with E-state index in [-0.39, 0.29) is 6.42 Å². The molecular formula is C13H14O5. The third-order valence-corrected chi connectivity index (χ3v) is 2.85. The maximum Gasteiger partial charge on any atom is 0.311 e. The Hall–Kier alpha value is -2.04. The molecule has 1 fully saturated rings. The second-order valence-electron chi connectivity index (χ2n) is 4.03. The highest BCUT2D eigenvalue weighted by molar-refractivity contribution is 5.83. The quantitative estimate of drug-likeness (QED) is 0.824. The monoisotopic (exact) mass is 250 g/mol. The van der Waals surface area contributed by atoms with E-state index in [2.05, 4.69) is 0 Å². The molecule has 0 saturated carbocycles. The summed E-state index contributed by atoms with van der Waals surface area (Å²) in [7, 11) is 0. The van der Waals surface area contributed by atoms with Crippen molar-refractivity contribution in [2.75, 3.05) is 6.61 Å². The smallest absolute Gasteiger partial charge is 0.311 e. The van der Waals surface area contributed by atoms with Gasteiger partial charge in [0.25, 0.3) is 0 Å². The van der Waals surface area contributed by atoms with Crippen LogP contribution in [0.4, 0.5) is 0 Å². The lowest BCUT2D eigenvalue weighted by Crippen LogP contribution is -2.18. The number of esters is 1. The van der Waals surface area contributed by atoms with Crippen LogP contribution in [0, 0.1) is 5.92 Å². The molecule has 0 unspecified atom stereocenters. The van der Waals surface area contributed by atoms with Crippen molar-refractivity contribution in [3.05, 3.63) is 29.8 Å². The van der Waals surface area contributed by atoms with Gasteiger partial charge in [0.05, 0.1) is 13.0 Å². The molecule has 2 atom stereocenters. The predicted molar refractivity (Wildman–Crippen MR) is 62.2 cm³/mol. The summed E-state index contributed by atoms with van der Waals surface area (Å²) in [4.78, 5) is 22.4. The van der Waals surface area contributed by atoms with Crippen molar-refractivity contribution in [2.45, 2.75) is 19.4 Å². The normalized spacial score (nSPS) is 22.6. The minimum absolute atomic E-state index is 0.0968. The maximum absolute atomic E-state index is 11.3. The molecule has 0 radical (unpaired) electrons. The average Bonchev–Trinajstić information content (AvgIpc) is 2.72. The van der Waals surface area contributed by atoms with E-state index in [0.717, 1.165) is 0 Å². The third-order valence-electron chi connectivity index (χ3n) is 2.85. The Balaban J connectivity index is 2.35. The van der Waals surface area contributed by atoms with Gasteiger partial charge in [0.2, 0.25) is 0 Å². The van der Waals surface area contributed by atoms with E-state index < -0.39 is 24.0 Å². The van der Waals surface area contributed by atoms with Crippen LogP contribution < -0.4 is 4.74 Å². The van der Waals surface area contributed by atoms with Crippen LogP contribution in [0.15, 0.2) is 24.3 Å². The number of hydrogen-bond acceptors (Lipinski definition) is 4. The summed E-state index contributed by atoms with van der Waals surface area (Å²) in [6, 6.07) is 7.03. The molecule has 0 amide bonds. The SMILES string of the molecule is CCOc1ccccc1[C@@H]1OC(=O)C[C@@H]1C(=O)O. The van der Waals surface area contributed by atoms with Crippen molar-refractivity contribution in [2.24, 2.45) is 5.92 Å². The highest BCUT2D eigenvalue weighted by atomic mass is 16.6. The van der Waals surface area contributed by atoms with Crippen LogP contribution in [-0.4, -0.2) is 23.7 Å². The lowest BCUT2D eigenvalue weighted by molar-refractivity contribution is -0.144. The zero-order valence-corrected chi connectivity index (χ0v) is 9.96. The molecular weight excluding hydrogens is 236 g/mol. The Morgan fingerprint density at radius 3 is 2.89 bits per heavy atom. The summed E-state index contributed by atoms with van der Waals surface area (Å²) in [5, 5.41) is 9.11. The molecule has 1 saturated heterocycles. The molecule has 5 heteroatoms. The van der Waals surface area contributed by atoms with Gasteiger partial charge in [-0.2, -0.15) is 0 Å². The van der Waals surface area contributed by atoms with Crippen molar-refractivity contribution in [1.29, 1.82) is 0 Å². The van der Waals surface area contributed by atoms with Crippen molar-refractivity contribution in [3.63, 3.8) is 0 Å². The number of cyclic esters (lactones) is 1. The van der Waals surface area contributed by atoms with Crippen LogP contribution in [0.25, 0.3) is 0 Å². The fraction of sp³-hybridized carbons (Fsp3) is 0.385. The zero-order valence-electron chi connectivity index (χ0n) is 9.96. The summed E-state index contributed by atoms with van der Waals surface area (Å²) in [5.74, 6) is -1.80. The minimum atomic E-state index is -1.03. The highest BCUT2D eigenvalue weighted by Gasteiger charge is 2.42. The van der Waals surface area contributed by atoms with Gasteiger partial charge in [-0.3, -0.25) is 9.59 Å². The first kappa shape index (κ1) is 12.4. The van der Waals surface area contributed by atoms with Gasteiger partial charge >= 0.3 is 11.9 Å². The lowest BCUT2D eigenvalue weighted by Gasteiger charge is -2.17. The molecule has 0 spiro atoms. The Bertz CT molecular complexity index is 468. The van der Waals surface area contributed by atoms with Gasteiger partial charge in [-0.25, -0.2) is 0 Å². The van der Waals surface area contributed by atoms with E-state index in [1.807, 2.05) is 6.92 Å². The van der Waals surface area contributed by atoms with Crippen molar-refractivity contribution in [3.8, 4) is 5.75 Å². The van der Waals surface area contributed by atoms with E-state index in [4.69, 9.17) is 14.6 Å². The number of carboxylic acids is 1. The van der Waals surface area contributed by atoms with Crippen LogP contribution in [0.2, 0.25) is 0 Å². The number of rotatable bonds is 4. The molecule has 1 aliphatic rings. The Labute approximate surface area is 104 Å². The van der Waals surface area contributed by atoms with Crippen LogP contribution in [0.3, 0.4) is 0 Å². The van der Waals surface area contributed by atoms with Crippen LogP contribution in [0.1, 0.15) is 25.0 Å². The first-order valence-electron chi connectivity index (χ1n) is 5.77. The molecule has 2 rings (SSSR count). The molecule has 1 aromatic carbocycles. The Morgan fingerprint density at radius 1 is 1.50 bits per heavy atom. The molecule has 1 N–H and O–H groups in total. The molecule has 5 nitrogen and oxygen atoms in total. The number of carboxylic acid groups (broad SMARTS) is 1. The largest absolute Gasteiger partial charge is 0.493 e. The van der Waals surface area contributed by atoms with Gasteiger partial charge in [-0.1, -0.05) is 18.2 Å². The van der Waals surface area contributed by atoms with Gasteiger partial charge < -0.3 is 14.6 Å². The third kappa shape index (κ3) is 2.30. The number of para-hydroxylation sites is 1. The number of ether oxygens (including phenoxy) is 2. The zero-order chi connectivity index (χ0) is 13.1. The molecule has 18 heavy (non-hydrogen) atoms. The van der Waals surface area contributed by atoms with E-state index in [0.29, 0.717) is 17.9 Å². The predicted octanol–water partition coefficient (Wildman–Crippen LogP) is 1.77. The number of carbonyl (C=O) groups is 2. The summed E-state index contributed by atoms with van der Waals surface area (Å²) in [5.41, 5.74) is 0.609. The topological polar surface area (TPSA) is 72.8 Å². The molecule has 0 bridgehead atoms. The van der Waals surface area contributed by atoms with Gasteiger partial charge in [0, 0.05) is 5.56 Å². The first-order valence-corrected chi connectivity index (χ1v) is 5.77.